The van der Waals surface area contributed by atoms with Crippen molar-refractivity contribution in [2.75, 3.05) is 25.7 Å². The molecule has 0 N–H and O–H groups in total. The fraction of sp³-hybridized carbons (Fsp3) is 0.455. The van der Waals surface area contributed by atoms with Crippen LogP contribution in [-0.2, 0) is 9.84 Å². The fourth-order valence-electron chi connectivity index (χ4n) is 1.54. The van der Waals surface area contributed by atoms with Gasteiger partial charge in [-0.2, -0.15) is 0 Å². The Kier molecular flexibility index (Phi) is 5.32. The molecule has 0 saturated heterocycles. The Balaban J connectivity index is 2.79. The largest absolute Gasteiger partial charge is 0.513 e. The number of ether oxygens (including phenoxy) is 2. The smallest absolute Gasteiger partial charge is 0.497 e. The van der Waals surface area contributed by atoms with Gasteiger partial charge in [-0.3, -0.25) is 0 Å². The summed E-state index contributed by atoms with van der Waals surface area (Å²) in [6.45, 7) is -5.33. The van der Waals surface area contributed by atoms with Gasteiger partial charge in [0.2, 0.25) is 0 Å². The molecule has 4 nitrogen and oxygen atoms in total. The third-order valence-corrected chi connectivity index (χ3v) is 3.52. The van der Waals surface area contributed by atoms with Crippen LogP contribution < -0.4 is 14.9 Å². The van der Waals surface area contributed by atoms with Gasteiger partial charge in [0.05, 0.1) is 25.2 Å². The number of hydrogen-bond donors (Lipinski definition) is 0. The third kappa shape index (κ3) is 5.32. The average molecular weight is 311 g/mol. The molecule has 0 bridgehead atoms. The van der Waals surface area contributed by atoms with E-state index in [0.29, 0.717) is 0 Å². The van der Waals surface area contributed by atoms with Crippen LogP contribution in [0.1, 0.15) is 6.42 Å². The number of rotatable bonds is 7. The van der Waals surface area contributed by atoms with Gasteiger partial charge in [0.25, 0.3) is 0 Å². The van der Waals surface area contributed by atoms with Gasteiger partial charge in [-0.15, -0.1) is 0 Å². The van der Waals surface area contributed by atoms with Crippen molar-refractivity contribution < 1.29 is 30.8 Å². The lowest BCUT2D eigenvalue weighted by atomic mass is 9.79. The molecule has 1 rings (SSSR count). The second-order valence-corrected chi connectivity index (χ2v) is 6.57. The van der Waals surface area contributed by atoms with Crippen LogP contribution in [0.2, 0.25) is 0 Å². The molecule has 0 unspecified atom stereocenters. The minimum absolute atomic E-state index is 0.0858. The predicted molar refractivity (Wildman–Crippen MR) is 71.5 cm³/mol. The number of sulfone groups is 1. The van der Waals surface area contributed by atoms with E-state index in [4.69, 9.17) is 9.47 Å². The first kappa shape index (κ1) is 16.7. The normalized spacial score (nSPS) is 12.2. The van der Waals surface area contributed by atoms with Gasteiger partial charge in [-0.05, 0) is 24.6 Å². The van der Waals surface area contributed by atoms with E-state index in [1.54, 1.807) is 0 Å². The van der Waals surface area contributed by atoms with Crippen LogP contribution in [0, 0.1) is 0 Å². The van der Waals surface area contributed by atoms with Gasteiger partial charge < -0.3 is 22.4 Å². The van der Waals surface area contributed by atoms with Gasteiger partial charge in [-0.25, -0.2) is 8.42 Å². The lowest BCUT2D eigenvalue weighted by molar-refractivity contribution is 0.317. The number of benzene rings is 1. The molecule has 114 valence electrons. The summed E-state index contributed by atoms with van der Waals surface area (Å²) in [5, 5.41) is 0. The quantitative estimate of drug-likeness (QED) is 0.566. The molecule has 20 heavy (non-hydrogen) atoms. The number of halogens is 3. The van der Waals surface area contributed by atoms with E-state index in [1.165, 1.54) is 19.2 Å². The highest BCUT2D eigenvalue weighted by atomic mass is 32.2. The third-order valence-electron chi connectivity index (χ3n) is 2.49. The molecule has 9 heteroatoms. The SMILES string of the molecule is COc1ccc(OCCCS(C)(=O)=O)c([B-](F)(F)F)c1. The van der Waals surface area contributed by atoms with Crippen molar-refractivity contribution >= 4 is 22.3 Å². The maximum atomic E-state index is 12.9. The Morgan fingerprint density at radius 3 is 2.40 bits per heavy atom. The molecule has 0 fully saturated rings. The molecule has 0 radical (unpaired) electrons. The molecule has 0 spiro atoms. The van der Waals surface area contributed by atoms with Gasteiger partial charge in [0, 0.05) is 6.26 Å². The van der Waals surface area contributed by atoms with Crippen LogP contribution in [0.5, 0.6) is 11.5 Å². The number of hydrogen-bond acceptors (Lipinski definition) is 4. The predicted octanol–water partition coefficient (Wildman–Crippen LogP) is 1.56. The maximum absolute atomic E-state index is 12.9. The Bertz CT molecular complexity index is 557. The van der Waals surface area contributed by atoms with Crippen LogP contribution in [0.15, 0.2) is 18.2 Å². The highest BCUT2D eigenvalue weighted by molar-refractivity contribution is 7.90. The monoisotopic (exact) mass is 311 g/mol. The van der Waals surface area contributed by atoms with Crippen LogP contribution in [-0.4, -0.2) is 41.1 Å². The van der Waals surface area contributed by atoms with Crippen molar-refractivity contribution in [1.82, 2.24) is 0 Å². The Hall–Kier alpha value is -1.38. The first-order valence-corrected chi connectivity index (χ1v) is 7.88. The van der Waals surface area contributed by atoms with E-state index in [9.17, 15) is 21.4 Å². The zero-order valence-corrected chi connectivity index (χ0v) is 11.9. The van der Waals surface area contributed by atoms with Gasteiger partial charge in [0.1, 0.15) is 15.6 Å². The highest BCUT2D eigenvalue weighted by Crippen LogP contribution is 2.22. The van der Waals surface area contributed by atoms with Crippen LogP contribution in [0.4, 0.5) is 12.9 Å². The summed E-state index contributed by atoms with van der Waals surface area (Å²) in [5.74, 6) is -0.357. The zero-order chi connectivity index (χ0) is 15.4. The molecule has 0 aliphatic carbocycles. The summed E-state index contributed by atoms with van der Waals surface area (Å²) >= 11 is 0. The van der Waals surface area contributed by atoms with E-state index >= 15 is 0 Å². The van der Waals surface area contributed by atoms with Crippen molar-refractivity contribution in [3.8, 4) is 11.5 Å². The van der Waals surface area contributed by atoms with Gasteiger partial charge in [-0.1, -0.05) is 5.46 Å². The molecule has 0 heterocycles. The Labute approximate surface area is 115 Å². The molecule has 0 aliphatic rings. The van der Waals surface area contributed by atoms with Crippen molar-refractivity contribution in [1.29, 1.82) is 0 Å². The summed E-state index contributed by atoms with van der Waals surface area (Å²) in [6.07, 6.45) is 1.19. The van der Waals surface area contributed by atoms with Gasteiger partial charge >= 0.3 is 6.98 Å². The number of methoxy groups -OCH3 is 1. The van der Waals surface area contributed by atoms with E-state index < -0.39 is 22.3 Å². The summed E-state index contributed by atoms with van der Waals surface area (Å²) in [5.41, 5.74) is -0.885. The average Bonchev–Trinajstić information content (AvgIpc) is 2.32. The molecular weight excluding hydrogens is 296 g/mol. The first-order chi connectivity index (χ1) is 9.13. The topological polar surface area (TPSA) is 52.6 Å². The molecule has 1 aromatic rings. The van der Waals surface area contributed by atoms with E-state index in [0.717, 1.165) is 12.3 Å². The maximum Gasteiger partial charge on any atom is 0.513 e. The molecular formula is C11H15BF3O4S-. The van der Waals surface area contributed by atoms with Crippen LogP contribution >= 0.6 is 0 Å². The standard InChI is InChI=1S/C11H15BF3O4S/c1-18-9-4-5-11(10(8-9)12(13,14)15)19-6-3-7-20(2,16)17/h4-5,8H,3,6-7H2,1-2H3/q-1. The molecule has 0 aliphatic heterocycles. The van der Waals surface area contributed by atoms with Gasteiger partial charge in [0.15, 0.2) is 0 Å². The minimum atomic E-state index is -5.23. The lowest BCUT2D eigenvalue weighted by Crippen LogP contribution is -2.35. The Morgan fingerprint density at radius 2 is 1.90 bits per heavy atom. The minimum Gasteiger partial charge on any atom is -0.497 e. The van der Waals surface area contributed by atoms with Crippen LogP contribution in [0.3, 0.4) is 0 Å². The highest BCUT2D eigenvalue weighted by Gasteiger charge is 2.29. The second kappa shape index (κ2) is 6.38. The lowest BCUT2D eigenvalue weighted by Gasteiger charge is -2.20. The summed E-state index contributed by atoms with van der Waals surface area (Å²) in [7, 11) is -1.87. The van der Waals surface area contributed by atoms with Crippen molar-refractivity contribution in [3.63, 3.8) is 0 Å². The summed E-state index contributed by atoms with van der Waals surface area (Å²) in [6, 6.07) is 3.40. The van der Waals surface area contributed by atoms with Crippen LogP contribution in [0.25, 0.3) is 0 Å². The molecule has 0 amide bonds. The van der Waals surface area contributed by atoms with Crippen molar-refractivity contribution in [2.24, 2.45) is 0 Å². The van der Waals surface area contributed by atoms with E-state index in [2.05, 4.69) is 0 Å². The molecule has 0 saturated carbocycles. The summed E-state index contributed by atoms with van der Waals surface area (Å²) in [4.78, 5) is 0. The van der Waals surface area contributed by atoms with E-state index in [-0.39, 0.29) is 30.3 Å². The van der Waals surface area contributed by atoms with Crippen molar-refractivity contribution in [2.45, 2.75) is 6.42 Å². The second-order valence-electron chi connectivity index (χ2n) is 4.31. The molecule has 1 aromatic carbocycles. The molecule has 0 aromatic heterocycles. The fourth-order valence-corrected chi connectivity index (χ4v) is 2.19. The van der Waals surface area contributed by atoms with Crippen molar-refractivity contribution in [3.05, 3.63) is 18.2 Å². The first-order valence-electron chi connectivity index (χ1n) is 5.82. The zero-order valence-electron chi connectivity index (χ0n) is 11.1. The van der Waals surface area contributed by atoms with E-state index in [1.807, 2.05) is 0 Å². The Morgan fingerprint density at radius 1 is 1.25 bits per heavy atom. The summed E-state index contributed by atoms with van der Waals surface area (Å²) < 4.78 is 70.3. The molecule has 0 atom stereocenters.